The molecule has 0 bridgehead atoms. The molecule has 2 aromatic heterocycles. The highest BCUT2D eigenvalue weighted by molar-refractivity contribution is 5.92. The number of hydrogen-bond donors (Lipinski definition) is 0. The van der Waals surface area contributed by atoms with Crippen molar-refractivity contribution in [2.75, 3.05) is 13.1 Å². The van der Waals surface area contributed by atoms with Gasteiger partial charge in [0.1, 0.15) is 5.69 Å². The SMILES string of the molecule is CCCCc1cn(CC2CCCN(C(=O)c3cnccn3)C2)nn1. The Bertz CT molecular complexity index is 656. The highest BCUT2D eigenvalue weighted by atomic mass is 16.2. The molecule has 3 rings (SSSR count). The van der Waals surface area contributed by atoms with Crippen molar-refractivity contribution in [1.29, 1.82) is 0 Å². The molecule has 3 heterocycles. The van der Waals surface area contributed by atoms with Gasteiger partial charge in [0.2, 0.25) is 0 Å². The molecule has 0 aromatic carbocycles. The summed E-state index contributed by atoms with van der Waals surface area (Å²) in [5, 5.41) is 8.47. The van der Waals surface area contributed by atoms with Gasteiger partial charge >= 0.3 is 0 Å². The van der Waals surface area contributed by atoms with E-state index in [1.807, 2.05) is 15.8 Å². The van der Waals surface area contributed by atoms with E-state index in [0.29, 0.717) is 11.6 Å². The van der Waals surface area contributed by atoms with Gasteiger partial charge in [-0.2, -0.15) is 0 Å². The van der Waals surface area contributed by atoms with Gasteiger partial charge in [-0.25, -0.2) is 4.98 Å². The number of piperidine rings is 1. The van der Waals surface area contributed by atoms with Crippen molar-refractivity contribution in [3.05, 3.63) is 36.2 Å². The Morgan fingerprint density at radius 3 is 3.08 bits per heavy atom. The topological polar surface area (TPSA) is 76.8 Å². The molecule has 1 saturated heterocycles. The molecular formula is C17H24N6O. The van der Waals surface area contributed by atoms with Crippen LogP contribution in [0.25, 0.3) is 0 Å². The van der Waals surface area contributed by atoms with Crippen molar-refractivity contribution in [2.45, 2.75) is 45.6 Å². The third kappa shape index (κ3) is 4.15. The first-order valence-electron chi connectivity index (χ1n) is 8.70. The van der Waals surface area contributed by atoms with E-state index in [2.05, 4.69) is 27.2 Å². The van der Waals surface area contributed by atoms with Crippen LogP contribution in [0.3, 0.4) is 0 Å². The predicted octanol–water partition coefficient (Wildman–Crippen LogP) is 1.96. The highest BCUT2D eigenvalue weighted by Gasteiger charge is 2.25. The van der Waals surface area contributed by atoms with Crippen molar-refractivity contribution in [3.63, 3.8) is 0 Å². The second kappa shape index (κ2) is 7.99. The van der Waals surface area contributed by atoms with E-state index in [4.69, 9.17) is 0 Å². The normalized spacial score (nSPS) is 17.9. The molecular weight excluding hydrogens is 304 g/mol. The maximum atomic E-state index is 12.5. The van der Waals surface area contributed by atoms with Crippen LogP contribution in [0.2, 0.25) is 0 Å². The second-order valence-corrected chi connectivity index (χ2v) is 6.39. The van der Waals surface area contributed by atoms with Crippen LogP contribution in [0, 0.1) is 5.92 Å². The molecule has 7 nitrogen and oxygen atoms in total. The number of unbranched alkanes of at least 4 members (excludes halogenated alkanes) is 1. The molecule has 0 spiro atoms. The monoisotopic (exact) mass is 328 g/mol. The number of carbonyl (C=O) groups excluding carboxylic acids is 1. The van der Waals surface area contributed by atoms with E-state index in [1.165, 1.54) is 6.20 Å². The summed E-state index contributed by atoms with van der Waals surface area (Å²) in [6.07, 6.45) is 12.1. The average molecular weight is 328 g/mol. The third-order valence-electron chi connectivity index (χ3n) is 4.41. The number of aromatic nitrogens is 5. The number of nitrogens with zero attached hydrogens (tertiary/aromatic N) is 6. The molecule has 0 aliphatic carbocycles. The number of likely N-dealkylation sites (tertiary alicyclic amines) is 1. The van der Waals surface area contributed by atoms with Gasteiger partial charge in [0, 0.05) is 38.2 Å². The number of carbonyl (C=O) groups is 1. The van der Waals surface area contributed by atoms with Crippen LogP contribution in [0.1, 0.15) is 48.8 Å². The lowest BCUT2D eigenvalue weighted by Gasteiger charge is -2.32. The van der Waals surface area contributed by atoms with Crippen LogP contribution in [0.5, 0.6) is 0 Å². The van der Waals surface area contributed by atoms with Gasteiger partial charge < -0.3 is 4.90 Å². The van der Waals surface area contributed by atoms with E-state index < -0.39 is 0 Å². The van der Waals surface area contributed by atoms with Gasteiger partial charge in [0.25, 0.3) is 5.91 Å². The molecule has 0 N–H and O–H groups in total. The van der Waals surface area contributed by atoms with Crippen molar-refractivity contribution in [3.8, 4) is 0 Å². The van der Waals surface area contributed by atoms with Gasteiger partial charge in [0.05, 0.1) is 11.9 Å². The van der Waals surface area contributed by atoms with Crippen LogP contribution >= 0.6 is 0 Å². The molecule has 7 heteroatoms. The molecule has 1 unspecified atom stereocenters. The van der Waals surface area contributed by atoms with Crippen LogP contribution in [0.4, 0.5) is 0 Å². The second-order valence-electron chi connectivity index (χ2n) is 6.39. The Labute approximate surface area is 142 Å². The smallest absolute Gasteiger partial charge is 0.274 e. The number of hydrogen-bond acceptors (Lipinski definition) is 5. The summed E-state index contributed by atoms with van der Waals surface area (Å²) in [4.78, 5) is 22.5. The number of rotatable bonds is 6. The Morgan fingerprint density at radius 1 is 1.38 bits per heavy atom. The molecule has 1 aliphatic rings. The Balaban J connectivity index is 1.57. The van der Waals surface area contributed by atoms with E-state index in [0.717, 1.165) is 57.4 Å². The fourth-order valence-corrected chi connectivity index (χ4v) is 3.13. The molecule has 128 valence electrons. The summed E-state index contributed by atoms with van der Waals surface area (Å²) in [6, 6.07) is 0. The van der Waals surface area contributed by atoms with E-state index >= 15 is 0 Å². The van der Waals surface area contributed by atoms with Gasteiger partial charge in [-0.1, -0.05) is 18.6 Å². The van der Waals surface area contributed by atoms with Crippen molar-refractivity contribution >= 4 is 5.91 Å². The highest BCUT2D eigenvalue weighted by Crippen LogP contribution is 2.19. The maximum Gasteiger partial charge on any atom is 0.274 e. The van der Waals surface area contributed by atoms with Gasteiger partial charge in [-0.15, -0.1) is 5.10 Å². The first-order chi connectivity index (χ1) is 11.8. The maximum absolute atomic E-state index is 12.5. The lowest BCUT2D eigenvalue weighted by molar-refractivity contribution is 0.0653. The summed E-state index contributed by atoms with van der Waals surface area (Å²) in [5.41, 5.74) is 1.47. The van der Waals surface area contributed by atoms with Crippen LogP contribution < -0.4 is 0 Å². The molecule has 1 atom stereocenters. The number of amides is 1. The molecule has 1 fully saturated rings. The largest absolute Gasteiger partial charge is 0.337 e. The van der Waals surface area contributed by atoms with Crippen molar-refractivity contribution in [1.82, 2.24) is 29.9 Å². The molecule has 24 heavy (non-hydrogen) atoms. The fourth-order valence-electron chi connectivity index (χ4n) is 3.13. The standard InChI is InChI=1S/C17H24N6O/c1-2-3-6-15-13-23(21-20-15)12-14-5-4-9-22(11-14)17(24)16-10-18-7-8-19-16/h7-8,10,13-14H,2-6,9,11-12H2,1H3. The summed E-state index contributed by atoms with van der Waals surface area (Å²) in [6.45, 7) is 4.50. The minimum atomic E-state index is -0.0324. The van der Waals surface area contributed by atoms with E-state index in [-0.39, 0.29) is 5.91 Å². The van der Waals surface area contributed by atoms with Crippen LogP contribution in [-0.4, -0.2) is 48.9 Å². The third-order valence-corrected chi connectivity index (χ3v) is 4.41. The Hall–Kier alpha value is -2.31. The predicted molar refractivity (Wildman–Crippen MR) is 89.3 cm³/mol. The lowest BCUT2D eigenvalue weighted by Crippen LogP contribution is -2.41. The zero-order chi connectivity index (χ0) is 16.8. The zero-order valence-corrected chi connectivity index (χ0v) is 14.1. The van der Waals surface area contributed by atoms with E-state index in [1.54, 1.807) is 12.4 Å². The summed E-state index contributed by atoms with van der Waals surface area (Å²) in [7, 11) is 0. The fraction of sp³-hybridized carbons (Fsp3) is 0.588. The van der Waals surface area contributed by atoms with Crippen LogP contribution in [0.15, 0.2) is 24.8 Å². The van der Waals surface area contributed by atoms with Gasteiger partial charge in [-0.3, -0.25) is 14.5 Å². The first kappa shape index (κ1) is 16.5. The zero-order valence-electron chi connectivity index (χ0n) is 14.1. The Morgan fingerprint density at radius 2 is 2.29 bits per heavy atom. The van der Waals surface area contributed by atoms with Crippen molar-refractivity contribution in [2.24, 2.45) is 5.92 Å². The summed E-state index contributed by atoms with van der Waals surface area (Å²) in [5.74, 6) is 0.370. The van der Waals surface area contributed by atoms with Gasteiger partial charge in [-0.05, 0) is 31.6 Å². The molecule has 2 aromatic rings. The lowest BCUT2D eigenvalue weighted by atomic mass is 9.98. The minimum absolute atomic E-state index is 0.0324. The quantitative estimate of drug-likeness (QED) is 0.810. The summed E-state index contributed by atoms with van der Waals surface area (Å²) < 4.78 is 1.92. The summed E-state index contributed by atoms with van der Waals surface area (Å²) >= 11 is 0. The van der Waals surface area contributed by atoms with Crippen molar-refractivity contribution < 1.29 is 4.79 Å². The molecule has 1 aliphatic heterocycles. The first-order valence-corrected chi connectivity index (χ1v) is 8.70. The minimum Gasteiger partial charge on any atom is -0.337 e. The molecule has 0 saturated carbocycles. The van der Waals surface area contributed by atoms with Crippen LogP contribution in [-0.2, 0) is 13.0 Å². The van der Waals surface area contributed by atoms with Gasteiger partial charge in [0.15, 0.2) is 0 Å². The van der Waals surface area contributed by atoms with E-state index in [9.17, 15) is 4.79 Å². The molecule has 0 radical (unpaired) electrons. The Kier molecular flexibility index (Phi) is 5.51. The molecule has 1 amide bonds. The number of aryl methyl sites for hydroxylation is 1. The average Bonchev–Trinajstić information content (AvgIpc) is 3.07.